The summed E-state index contributed by atoms with van der Waals surface area (Å²) in [5.74, 6) is 0. The first kappa shape index (κ1) is 19.8. The molecule has 0 radical (unpaired) electrons. The van der Waals surface area contributed by atoms with Gasteiger partial charge in [-0.3, -0.25) is 10.1 Å². The molecule has 0 fully saturated rings. The molecule has 0 saturated carbocycles. The fourth-order valence-corrected chi connectivity index (χ4v) is 2.82. The van der Waals surface area contributed by atoms with Gasteiger partial charge in [-0.15, -0.1) is 0 Å². The molecular weight excluding hydrogens is 348 g/mol. The summed E-state index contributed by atoms with van der Waals surface area (Å²) in [5.41, 5.74) is 2.01. The van der Waals surface area contributed by atoms with E-state index in [1.165, 1.54) is 22.6 Å². The monoisotopic (exact) mass is 373 g/mol. The molecule has 2 N–H and O–H groups in total. The third-order valence-corrected chi connectivity index (χ3v) is 4.30. The minimum atomic E-state index is -0.409. The number of nitro benzene ring substituents is 1. The van der Waals surface area contributed by atoms with Crippen LogP contribution in [0.5, 0.6) is 0 Å². The van der Waals surface area contributed by atoms with Crippen LogP contribution >= 0.6 is 12.2 Å². The van der Waals surface area contributed by atoms with Crippen LogP contribution in [0, 0.1) is 10.1 Å². The number of nitro groups is 1. The van der Waals surface area contributed by atoms with Crippen molar-refractivity contribution in [3.8, 4) is 0 Å². The van der Waals surface area contributed by atoms with E-state index in [0.717, 1.165) is 31.7 Å². The maximum absolute atomic E-state index is 10.8. The fraction of sp³-hybridized carbons (Fsp3) is 0.316. The highest BCUT2D eigenvalue weighted by Gasteiger charge is 2.12. The van der Waals surface area contributed by atoms with Crippen LogP contribution in [0.3, 0.4) is 0 Å². The number of hydrogen-bond donors (Lipinski definition) is 2. The van der Waals surface area contributed by atoms with Crippen LogP contribution in [0.4, 0.5) is 11.4 Å². The number of nitrogens with one attached hydrogen (secondary N) is 2. The van der Waals surface area contributed by atoms with Gasteiger partial charge in [0.25, 0.3) is 5.69 Å². The minimum Gasteiger partial charge on any atom is -0.344 e. The Morgan fingerprint density at radius 1 is 1.15 bits per heavy atom. The molecule has 0 spiro atoms. The molecule has 6 nitrogen and oxygen atoms in total. The second-order valence-electron chi connectivity index (χ2n) is 6.45. The zero-order valence-corrected chi connectivity index (χ0v) is 16.0. The summed E-state index contributed by atoms with van der Waals surface area (Å²) in [4.78, 5) is 13.9. The second kappa shape index (κ2) is 9.84. The molecule has 0 heterocycles. The van der Waals surface area contributed by atoms with E-state index >= 15 is 0 Å². The Morgan fingerprint density at radius 3 is 2.38 bits per heavy atom. The number of quaternary nitrogens is 1. The van der Waals surface area contributed by atoms with Crippen molar-refractivity contribution in [3.63, 3.8) is 0 Å². The lowest BCUT2D eigenvalue weighted by atomic mass is 10.2. The number of thiocarbonyl (C=S) groups is 1. The van der Waals surface area contributed by atoms with Crippen molar-refractivity contribution in [3.05, 3.63) is 70.3 Å². The first-order valence-corrected chi connectivity index (χ1v) is 9.00. The Bertz CT molecular complexity index is 720. The molecule has 2 aromatic carbocycles. The molecule has 0 aromatic heterocycles. The number of rotatable bonds is 8. The van der Waals surface area contributed by atoms with Gasteiger partial charge in [0, 0.05) is 37.3 Å². The largest absolute Gasteiger partial charge is 0.344 e. The molecule has 26 heavy (non-hydrogen) atoms. The topological polar surface area (TPSA) is 62.8 Å². The van der Waals surface area contributed by atoms with Gasteiger partial charge < -0.3 is 15.1 Å². The molecule has 138 valence electrons. The first-order chi connectivity index (χ1) is 12.5. The van der Waals surface area contributed by atoms with Gasteiger partial charge in [-0.1, -0.05) is 30.3 Å². The average molecular weight is 374 g/mol. The highest BCUT2D eigenvalue weighted by atomic mass is 32.1. The van der Waals surface area contributed by atoms with Gasteiger partial charge in [0.15, 0.2) is 5.11 Å². The van der Waals surface area contributed by atoms with E-state index < -0.39 is 4.92 Å². The molecule has 2 aromatic rings. The molecule has 0 atom stereocenters. The summed E-state index contributed by atoms with van der Waals surface area (Å²) >= 11 is 5.59. The molecule has 0 bridgehead atoms. The van der Waals surface area contributed by atoms with E-state index in [4.69, 9.17) is 12.2 Å². The third-order valence-electron chi connectivity index (χ3n) is 3.94. The van der Waals surface area contributed by atoms with E-state index in [-0.39, 0.29) is 5.69 Å². The van der Waals surface area contributed by atoms with Crippen LogP contribution in [0.15, 0.2) is 54.6 Å². The standard InChI is InChI=1S/C19H24N4O2S/c1-21(2)13-6-14-22(15-16-7-4-3-5-8-16)19(26)20-17-9-11-18(12-10-17)23(24)25/h3-5,7-12H,6,13-15H2,1-2H3,(H,20,26)/p+1. The van der Waals surface area contributed by atoms with Gasteiger partial charge in [-0.2, -0.15) is 0 Å². The Kier molecular flexibility index (Phi) is 7.50. The van der Waals surface area contributed by atoms with Crippen LogP contribution in [0.25, 0.3) is 0 Å². The maximum atomic E-state index is 10.8. The lowest BCUT2D eigenvalue weighted by Gasteiger charge is -2.26. The molecule has 0 saturated heterocycles. The summed E-state index contributed by atoms with van der Waals surface area (Å²) in [6.45, 7) is 2.63. The molecule has 0 unspecified atom stereocenters. The van der Waals surface area contributed by atoms with Gasteiger partial charge in [-0.05, 0) is 29.9 Å². The Morgan fingerprint density at radius 2 is 1.81 bits per heavy atom. The van der Waals surface area contributed by atoms with Crippen molar-refractivity contribution >= 4 is 28.7 Å². The SMILES string of the molecule is C[NH+](C)CCCN(Cc1ccccc1)C(=S)Nc1ccc([N+](=O)[O-])cc1. The quantitative estimate of drug-likeness (QED) is 0.422. The number of anilines is 1. The predicted molar refractivity (Wildman–Crippen MR) is 108 cm³/mol. The van der Waals surface area contributed by atoms with E-state index in [1.54, 1.807) is 12.1 Å². The summed E-state index contributed by atoms with van der Waals surface area (Å²) in [6, 6.07) is 16.5. The van der Waals surface area contributed by atoms with Crippen LogP contribution in [-0.2, 0) is 6.54 Å². The molecule has 0 aliphatic rings. The number of nitrogens with zero attached hydrogens (tertiary/aromatic N) is 2. The first-order valence-electron chi connectivity index (χ1n) is 8.59. The zero-order chi connectivity index (χ0) is 18.9. The predicted octanol–water partition coefficient (Wildman–Crippen LogP) is 2.33. The van der Waals surface area contributed by atoms with Gasteiger partial charge in [0.1, 0.15) is 0 Å². The van der Waals surface area contributed by atoms with E-state index in [0.29, 0.717) is 5.11 Å². The summed E-state index contributed by atoms with van der Waals surface area (Å²) < 4.78 is 0. The molecular formula is C19H25N4O2S+. The van der Waals surface area contributed by atoms with Crippen LogP contribution in [0.1, 0.15) is 12.0 Å². The van der Waals surface area contributed by atoms with Crippen LogP contribution in [0.2, 0.25) is 0 Å². The molecule has 2 rings (SSSR count). The average Bonchev–Trinajstić information content (AvgIpc) is 2.62. The fourth-order valence-electron chi connectivity index (χ4n) is 2.55. The van der Waals surface area contributed by atoms with E-state index in [1.807, 2.05) is 18.2 Å². The maximum Gasteiger partial charge on any atom is 0.269 e. The smallest absolute Gasteiger partial charge is 0.269 e. The Balaban J connectivity index is 2.04. The summed E-state index contributed by atoms with van der Waals surface area (Å²) in [6.07, 6.45) is 1.03. The molecule has 0 aliphatic heterocycles. The molecule has 0 amide bonds. The van der Waals surface area contributed by atoms with Crippen LogP contribution < -0.4 is 10.2 Å². The Hall–Kier alpha value is -2.51. The molecule has 7 heteroatoms. The van der Waals surface area contributed by atoms with Gasteiger partial charge >= 0.3 is 0 Å². The third kappa shape index (κ3) is 6.42. The highest BCUT2D eigenvalue weighted by Crippen LogP contribution is 2.16. The highest BCUT2D eigenvalue weighted by molar-refractivity contribution is 7.80. The summed E-state index contributed by atoms with van der Waals surface area (Å²) in [5, 5.41) is 14.6. The normalized spacial score (nSPS) is 10.6. The Labute approximate surface area is 159 Å². The van der Waals surface area contributed by atoms with Crippen LogP contribution in [-0.4, -0.2) is 42.1 Å². The van der Waals surface area contributed by atoms with E-state index in [9.17, 15) is 10.1 Å². The minimum absolute atomic E-state index is 0.0663. The number of non-ortho nitro benzene ring substituents is 1. The zero-order valence-electron chi connectivity index (χ0n) is 15.1. The number of hydrogen-bond acceptors (Lipinski definition) is 3. The van der Waals surface area contributed by atoms with Gasteiger partial charge in [-0.25, -0.2) is 0 Å². The number of benzene rings is 2. The van der Waals surface area contributed by atoms with Crippen molar-refractivity contribution in [2.45, 2.75) is 13.0 Å². The van der Waals surface area contributed by atoms with Crippen molar-refractivity contribution in [1.29, 1.82) is 0 Å². The van der Waals surface area contributed by atoms with Crippen molar-refractivity contribution in [2.75, 3.05) is 32.5 Å². The van der Waals surface area contributed by atoms with Crippen molar-refractivity contribution in [1.82, 2.24) is 4.90 Å². The lowest BCUT2D eigenvalue weighted by molar-refractivity contribution is -0.858. The van der Waals surface area contributed by atoms with Gasteiger partial charge in [0.05, 0.1) is 25.6 Å². The van der Waals surface area contributed by atoms with Crippen molar-refractivity contribution in [2.24, 2.45) is 0 Å². The lowest BCUT2D eigenvalue weighted by Crippen LogP contribution is -3.05. The summed E-state index contributed by atoms with van der Waals surface area (Å²) in [7, 11) is 4.27. The van der Waals surface area contributed by atoms with Crippen molar-refractivity contribution < 1.29 is 9.82 Å². The second-order valence-corrected chi connectivity index (χ2v) is 6.84. The molecule has 0 aliphatic carbocycles. The van der Waals surface area contributed by atoms with Gasteiger partial charge in [0.2, 0.25) is 0 Å². The van der Waals surface area contributed by atoms with E-state index in [2.05, 4.69) is 36.4 Å².